The zero-order chi connectivity index (χ0) is 14.3. The minimum Gasteiger partial charge on any atom is -0.456 e. The predicted octanol–water partition coefficient (Wildman–Crippen LogP) is 3.68. The molecule has 0 spiro atoms. The first-order valence-corrected chi connectivity index (χ1v) is 6.73. The van der Waals surface area contributed by atoms with Gasteiger partial charge in [0.15, 0.2) is 5.58 Å². The van der Waals surface area contributed by atoms with Crippen LogP contribution in [-0.2, 0) is 5.60 Å². The molecule has 0 fully saturated rings. The number of benzene rings is 1. The van der Waals surface area contributed by atoms with Gasteiger partial charge in [0.25, 0.3) is 0 Å². The lowest BCUT2D eigenvalue weighted by atomic mass is 10.0. The second-order valence-electron chi connectivity index (χ2n) is 6.15. The van der Waals surface area contributed by atoms with Gasteiger partial charge in [0, 0.05) is 17.5 Å². The van der Waals surface area contributed by atoms with E-state index in [0.29, 0.717) is 22.9 Å². The van der Waals surface area contributed by atoms with Crippen LogP contribution in [-0.4, -0.2) is 17.2 Å². The second kappa shape index (κ2) is 4.82. The van der Waals surface area contributed by atoms with Crippen molar-refractivity contribution in [1.29, 1.82) is 0 Å². The minimum absolute atomic E-state index is 0.0619. The van der Waals surface area contributed by atoms with E-state index in [2.05, 4.69) is 26.1 Å². The van der Waals surface area contributed by atoms with Crippen LogP contribution in [0.4, 0.5) is 0 Å². The number of halogens is 1. The molecule has 1 aromatic carbocycles. The first-order valence-electron chi connectivity index (χ1n) is 6.35. The number of rotatable bonds is 3. The Balaban J connectivity index is 2.30. The molecule has 1 atom stereocenters. The minimum atomic E-state index is -1.07. The molecule has 0 radical (unpaired) electrons. The fourth-order valence-corrected chi connectivity index (χ4v) is 2.04. The summed E-state index contributed by atoms with van der Waals surface area (Å²) in [4.78, 5) is 0. The average Bonchev–Trinajstić information content (AvgIpc) is 2.72. The summed E-state index contributed by atoms with van der Waals surface area (Å²) in [5.41, 5.74) is -0.515. The average molecular weight is 282 g/mol. The molecule has 19 heavy (non-hydrogen) atoms. The van der Waals surface area contributed by atoms with Gasteiger partial charge >= 0.3 is 0 Å². The number of fused-ring (bicyclic) bond motifs is 1. The standard InChI is InChI=1S/C15H20ClNO2/c1-14(2,3)17-9-15(4,18)12-8-10-6-5-7-11(16)13(10)19-12/h5-8,17-18H,9H2,1-4H3. The van der Waals surface area contributed by atoms with Crippen LogP contribution in [0.2, 0.25) is 5.02 Å². The quantitative estimate of drug-likeness (QED) is 0.902. The molecule has 104 valence electrons. The fraction of sp³-hybridized carbons (Fsp3) is 0.467. The molecular formula is C15H20ClNO2. The molecule has 3 nitrogen and oxygen atoms in total. The van der Waals surface area contributed by atoms with Crippen molar-refractivity contribution >= 4 is 22.6 Å². The Bertz CT molecular complexity index is 581. The molecule has 1 heterocycles. The molecule has 2 rings (SSSR count). The number of β-amino-alcohol motifs (C(OH)–C–C–N with tert-alkyl or cyclic N) is 1. The SMILES string of the molecule is CC(C)(C)NCC(C)(O)c1cc2cccc(Cl)c2o1. The van der Waals surface area contributed by atoms with E-state index in [9.17, 15) is 5.11 Å². The molecule has 2 N–H and O–H groups in total. The summed E-state index contributed by atoms with van der Waals surface area (Å²) in [7, 11) is 0. The van der Waals surface area contributed by atoms with Crippen LogP contribution < -0.4 is 5.32 Å². The molecule has 0 aliphatic heterocycles. The third kappa shape index (κ3) is 3.30. The van der Waals surface area contributed by atoms with Gasteiger partial charge in [0.1, 0.15) is 11.4 Å². The predicted molar refractivity (Wildman–Crippen MR) is 78.6 cm³/mol. The van der Waals surface area contributed by atoms with E-state index < -0.39 is 5.60 Å². The van der Waals surface area contributed by atoms with E-state index in [1.165, 1.54) is 0 Å². The summed E-state index contributed by atoms with van der Waals surface area (Å²) in [6, 6.07) is 7.40. The van der Waals surface area contributed by atoms with Crippen LogP contribution in [0.3, 0.4) is 0 Å². The summed E-state index contributed by atoms with van der Waals surface area (Å²) in [6.45, 7) is 8.31. The van der Waals surface area contributed by atoms with Gasteiger partial charge < -0.3 is 14.8 Å². The fourth-order valence-electron chi connectivity index (χ4n) is 1.82. The lowest BCUT2D eigenvalue weighted by Gasteiger charge is -2.27. The maximum Gasteiger partial charge on any atom is 0.153 e. The Kier molecular flexibility index (Phi) is 3.65. The number of aliphatic hydroxyl groups is 1. The van der Waals surface area contributed by atoms with Crippen LogP contribution in [0, 0.1) is 0 Å². The highest BCUT2D eigenvalue weighted by molar-refractivity contribution is 6.34. The van der Waals surface area contributed by atoms with Crippen molar-refractivity contribution < 1.29 is 9.52 Å². The largest absolute Gasteiger partial charge is 0.456 e. The zero-order valence-corrected chi connectivity index (χ0v) is 12.5. The van der Waals surface area contributed by atoms with Crippen LogP contribution >= 0.6 is 11.6 Å². The third-order valence-electron chi connectivity index (χ3n) is 2.99. The van der Waals surface area contributed by atoms with Crippen molar-refractivity contribution in [2.75, 3.05) is 6.54 Å². The van der Waals surface area contributed by atoms with Crippen molar-refractivity contribution in [1.82, 2.24) is 5.32 Å². The first kappa shape index (κ1) is 14.4. The molecule has 1 unspecified atom stereocenters. The number of nitrogens with one attached hydrogen (secondary N) is 1. The van der Waals surface area contributed by atoms with Crippen molar-refractivity contribution in [2.45, 2.75) is 38.8 Å². The monoisotopic (exact) mass is 281 g/mol. The van der Waals surface area contributed by atoms with Gasteiger partial charge in [0.05, 0.1) is 5.02 Å². The van der Waals surface area contributed by atoms with E-state index in [1.54, 1.807) is 13.0 Å². The maximum absolute atomic E-state index is 10.5. The smallest absolute Gasteiger partial charge is 0.153 e. The summed E-state index contributed by atoms with van der Waals surface area (Å²) < 4.78 is 5.71. The highest BCUT2D eigenvalue weighted by atomic mass is 35.5. The van der Waals surface area contributed by atoms with Crippen LogP contribution in [0.25, 0.3) is 11.0 Å². The lowest BCUT2D eigenvalue weighted by molar-refractivity contribution is 0.0300. The second-order valence-corrected chi connectivity index (χ2v) is 6.55. The zero-order valence-electron chi connectivity index (χ0n) is 11.7. The van der Waals surface area contributed by atoms with E-state index in [-0.39, 0.29) is 5.54 Å². The Morgan fingerprint density at radius 2 is 1.95 bits per heavy atom. The van der Waals surface area contributed by atoms with Gasteiger partial charge in [-0.05, 0) is 39.8 Å². The molecule has 1 aromatic heterocycles. The van der Waals surface area contributed by atoms with Crippen molar-refractivity contribution in [3.05, 3.63) is 35.0 Å². The Hall–Kier alpha value is -1.03. The summed E-state index contributed by atoms with van der Waals surface area (Å²) in [6.07, 6.45) is 0. The van der Waals surface area contributed by atoms with E-state index in [0.717, 1.165) is 5.39 Å². The Morgan fingerprint density at radius 1 is 1.26 bits per heavy atom. The highest BCUT2D eigenvalue weighted by Crippen LogP contribution is 2.31. The number of hydrogen-bond donors (Lipinski definition) is 2. The molecule has 4 heteroatoms. The van der Waals surface area contributed by atoms with Crippen LogP contribution in [0.15, 0.2) is 28.7 Å². The molecule has 0 aliphatic rings. The summed E-state index contributed by atoms with van der Waals surface area (Å²) >= 11 is 6.08. The van der Waals surface area contributed by atoms with Crippen molar-refractivity contribution in [3.63, 3.8) is 0 Å². The molecule has 0 saturated heterocycles. The number of para-hydroxylation sites is 1. The molecule has 0 bridgehead atoms. The summed E-state index contributed by atoms with van der Waals surface area (Å²) in [5.74, 6) is 0.521. The molecule has 0 aliphatic carbocycles. The normalized spacial score (nSPS) is 15.7. The van der Waals surface area contributed by atoms with Gasteiger partial charge in [-0.2, -0.15) is 0 Å². The molecular weight excluding hydrogens is 262 g/mol. The Labute approximate surface area is 118 Å². The van der Waals surface area contributed by atoms with Gasteiger partial charge in [-0.3, -0.25) is 0 Å². The van der Waals surface area contributed by atoms with Crippen molar-refractivity contribution in [3.8, 4) is 0 Å². The van der Waals surface area contributed by atoms with Crippen molar-refractivity contribution in [2.24, 2.45) is 0 Å². The Morgan fingerprint density at radius 3 is 2.53 bits per heavy atom. The van der Waals surface area contributed by atoms with Crippen LogP contribution in [0.5, 0.6) is 0 Å². The molecule has 0 amide bonds. The summed E-state index contributed by atoms with van der Waals surface area (Å²) in [5, 5.41) is 15.3. The highest BCUT2D eigenvalue weighted by Gasteiger charge is 2.29. The molecule has 2 aromatic rings. The van der Waals surface area contributed by atoms with E-state index >= 15 is 0 Å². The van der Waals surface area contributed by atoms with Gasteiger partial charge in [-0.25, -0.2) is 0 Å². The van der Waals surface area contributed by atoms with Crippen LogP contribution in [0.1, 0.15) is 33.5 Å². The molecule has 0 saturated carbocycles. The number of furan rings is 1. The van der Waals surface area contributed by atoms with E-state index in [1.807, 2.05) is 18.2 Å². The lowest BCUT2D eigenvalue weighted by Crippen LogP contribution is -2.44. The van der Waals surface area contributed by atoms with Gasteiger partial charge in [-0.1, -0.05) is 23.7 Å². The topological polar surface area (TPSA) is 45.4 Å². The third-order valence-corrected chi connectivity index (χ3v) is 3.29. The number of hydrogen-bond acceptors (Lipinski definition) is 3. The van der Waals surface area contributed by atoms with Gasteiger partial charge in [-0.15, -0.1) is 0 Å². The van der Waals surface area contributed by atoms with Gasteiger partial charge in [0.2, 0.25) is 0 Å². The van der Waals surface area contributed by atoms with E-state index in [4.69, 9.17) is 16.0 Å². The first-order chi connectivity index (χ1) is 8.69. The maximum atomic E-state index is 10.5.